The molecule has 1 N–H and O–H groups in total. The molecule has 0 bridgehead atoms. The molecule has 1 fully saturated rings. The Balaban J connectivity index is 1.66. The Morgan fingerprint density at radius 3 is 2.07 bits per heavy atom. The van der Waals surface area contributed by atoms with Crippen LogP contribution in [0.15, 0.2) is 24.3 Å². The second kappa shape index (κ2) is 9.38. The van der Waals surface area contributed by atoms with Gasteiger partial charge in [-0.1, -0.05) is 32.9 Å². The van der Waals surface area contributed by atoms with Gasteiger partial charge in [0.15, 0.2) is 0 Å². The number of carbonyl (C=O) groups excluding carboxylic acids is 4. The van der Waals surface area contributed by atoms with Crippen LogP contribution >= 0.6 is 0 Å². The number of benzene rings is 1. The number of fused-ring (bicyclic) bond motifs is 1. The van der Waals surface area contributed by atoms with Gasteiger partial charge in [-0.3, -0.25) is 29.0 Å². The molecule has 0 spiro atoms. The second-order valence-electron chi connectivity index (χ2n) is 8.17. The van der Waals surface area contributed by atoms with E-state index in [9.17, 15) is 19.2 Å². The number of piperazine rings is 1. The van der Waals surface area contributed by atoms with E-state index in [-0.39, 0.29) is 17.7 Å². The number of hydrogen-bond donors (Lipinski definition) is 1. The molecule has 8 heteroatoms. The van der Waals surface area contributed by atoms with E-state index in [4.69, 9.17) is 0 Å². The van der Waals surface area contributed by atoms with Crippen LogP contribution in [0.3, 0.4) is 0 Å². The molecule has 0 saturated carbocycles. The molecule has 1 aromatic rings. The smallest absolute Gasteiger partial charge is 0.262 e. The predicted molar refractivity (Wildman–Crippen MR) is 112 cm³/mol. The molecule has 2 heterocycles. The van der Waals surface area contributed by atoms with E-state index in [0.29, 0.717) is 50.4 Å². The van der Waals surface area contributed by atoms with Crippen molar-refractivity contribution < 1.29 is 19.2 Å². The number of carbonyl (C=O) groups is 4. The lowest BCUT2D eigenvalue weighted by molar-refractivity contribution is -0.138. The lowest BCUT2D eigenvalue weighted by Crippen LogP contribution is -2.58. The van der Waals surface area contributed by atoms with Gasteiger partial charge in [-0.15, -0.1) is 0 Å². The summed E-state index contributed by atoms with van der Waals surface area (Å²) < 4.78 is 0. The minimum Gasteiger partial charge on any atom is -0.355 e. The highest BCUT2D eigenvalue weighted by molar-refractivity contribution is 6.22. The Kier molecular flexibility index (Phi) is 6.87. The molecular formula is C22H30N4O4. The molecule has 1 saturated heterocycles. The SMILES string of the molecule is CCCNC(=O)CN1CCN(C(=O)C(C(C)C)N2C(=O)c3ccccc3C2=O)CC1. The van der Waals surface area contributed by atoms with Crippen molar-refractivity contribution in [1.82, 2.24) is 20.0 Å². The van der Waals surface area contributed by atoms with E-state index in [1.165, 1.54) is 0 Å². The Hall–Kier alpha value is -2.74. The number of nitrogens with one attached hydrogen (secondary N) is 1. The highest BCUT2D eigenvalue weighted by Crippen LogP contribution is 2.28. The molecule has 30 heavy (non-hydrogen) atoms. The molecule has 162 valence electrons. The lowest BCUT2D eigenvalue weighted by Gasteiger charge is -2.38. The summed E-state index contributed by atoms with van der Waals surface area (Å²) in [5.41, 5.74) is 0.702. The van der Waals surface area contributed by atoms with E-state index in [1.807, 2.05) is 25.7 Å². The van der Waals surface area contributed by atoms with Crippen molar-refractivity contribution in [1.29, 1.82) is 0 Å². The minimum atomic E-state index is -0.836. The Morgan fingerprint density at radius 1 is 1.00 bits per heavy atom. The highest BCUT2D eigenvalue weighted by atomic mass is 16.2. The number of amides is 4. The first-order valence-electron chi connectivity index (χ1n) is 10.6. The molecule has 0 radical (unpaired) electrons. The van der Waals surface area contributed by atoms with Crippen LogP contribution in [0.25, 0.3) is 0 Å². The van der Waals surface area contributed by atoms with Gasteiger partial charge in [0, 0.05) is 32.7 Å². The van der Waals surface area contributed by atoms with Crippen molar-refractivity contribution >= 4 is 23.6 Å². The third-order valence-corrected chi connectivity index (χ3v) is 5.61. The van der Waals surface area contributed by atoms with Gasteiger partial charge in [-0.25, -0.2) is 0 Å². The van der Waals surface area contributed by atoms with Crippen LogP contribution in [0, 0.1) is 5.92 Å². The van der Waals surface area contributed by atoms with Crippen LogP contribution in [-0.2, 0) is 9.59 Å². The van der Waals surface area contributed by atoms with Gasteiger partial charge in [-0.2, -0.15) is 0 Å². The summed E-state index contributed by atoms with van der Waals surface area (Å²) in [4.78, 5) is 55.9. The van der Waals surface area contributed by atoms with Gasteiger partial charge < -0.3 is 10.2 Å². The fourth-order valence-electron chi connectivity index (χ4n) is 3.99. The lowest BCUT2D eigenvalue weighted by atomic mass is 10.0. The van der Waals surface area contributed by atoms with Crippen molar-refractivity contribution in [3.63, 3.8) is 0 Å². The number of imide groups is 1. The summed E-state index contributed by atoms with van der Waals surface area (Å²) in [5, 5.41) is 2.86. The molecule has 3 rings (SSSR count). The average molecular weight is 415 g/mol. The summed E-state index contributed by atoms with van der Waals surface area (Å²) >= 11 is 0. The third kappa shape index (κ3) is 4.38. The number of nitrogens with zero attached hydrogens (tertiary/aromatic N) is 3. The number of rotatable bonds is 7. The van der Waals surface area contributed by atoms with Crippen molar-refractivity contribution in [3.8, 4) is 0 Å². The summed E-state index contributed by atoms with van der Waals surface area (Å²) in [6.45, 7) is 8.77. The fourth-order valence-corrected chi connectivity index (χ4v) is 3.99. The number of hydrogen-bond acceptors (Lipinski definition) is 5. The Labute approximate surface area is 177 Å². The van der Waals surface area contributed by atoms with Gasteiger partial charge in [0.2, 0.25) is 11.8 Å². The summed E-state index contributed by atoms with van der Waals surface area (Å²) in [6.07, 6.45) is 0.891. The third-order valence-electron chi connectivity index (χ3n) is 5.61. The van der Waals surface area contributed by atoms with E-state index in [1.54, 1.807) is 29.2 Å². The monoisotopic (exact) mass is 414 g/mol. The molecule has 1 atom stereocenters. The van der Waals surface area contributed by atoms with Crippen LogP contribution in [-0.4, -0.2) is 83.6 Å². The molecule has 4 amide bonds. The molecule has 0 aromatic heterocycles. The first-order valence-corrected chi connectivity index (χ1v) is 10.6. The molecular weight excluding hydrogens is 384 g/mol. The van der Waals surface area contributed by atoms with Crippen LogP contribution in [0.2, 0.25) is 0 Å². The second-order valence-corrected chi connectivity index (χ2v) is 8.17. The van der Waals surface area contributed by atoms with Gasteiger partial charge in [0.25, 0.3) is 11.8 Å². The van der Waals surface area contributed by atoms with Crippen LogP contribution < -0.4 is 5.32 Å². The van der Waals surface area contributed by atoms with Crippen molar-refractivity contribution in [2.24, 2.45) is 5.92 Å². The van der Waals surface area contributed by atoms with E-state index in [0.717, 1.165) is 11.3 Å². The standard InChI is InChI=1S/C22H30N4O4/c1-4-9-23-18(27)14-24-10-12-25(13-11-24)22(30)19(15(2)3)26-20(28)16-7-5-6-8-17(16)21(26)29/h5-8,15,19H,4,9-14H2,1-3H3,(H,23,27). The van der Waals surface area contributed by atoms with Gasteiger partial charge in [0.05, 0.1) is 17.7 Å². The zero-order valence-corrected chi connectivity index (χ0v) is 17.9. The van der Waals surface area contributed by atoms with Gasteiger partial charge in [0.1, 0.15) is 6.04 Å². The van der Waals surface area contributed by atoms with Crippen LogP contribution in [0.5, 0.6) is 0 Å². The molecule has 1 unspecified atom stereocenters. The largest absolute Gasteiger partial charge is 0.355 e. The topological polar surface area (TPSA) is 90.0 Å². The van der Waals surface area contributed by atoms with E-state index >= 15 is 0 Å². The van der Waals surface area contributed by atoms with Gasteiger partial charge >= 0.3 is 0 Å². The molecule has 1 aromatic carbocycles. The summed E-state index contributed by atoms with van der Waals surface area (Å²) in [7, 11) is 0. The zero-order chi connectivity index (χ0) is 21.8. The van der Waals surface area contributed by atoms with Crippen molar-refractivity contribution in [2.45, 2.75) is 33.2 Å². The molecule has 2 aliphatic rings. The first-order chi connectivity index (χ1) is 14.3. The van der Waals surface area contributed by atoms with E-state index < -0.39 is 17.9 Å². The van der Waals surface area contributed by atoms with Crippen LogP contribution in [0.4, 0.5) is 0 Å². The normalized spacial score (nSPS) is 18.0. The summed E-state index contributed by atoms with van der Waals surface area (Å²) in [6, 6.07) is 5.85. The molecule has 2 aliphatic heterocycles. The first kappa shape index (κ1) is 22.0. The maximum atomic E-state index is 13.3. The predicted octanol–water partition coefficient (Wildman–Crippen LogP) is 0.978. The zero-order valence-electron chi connectivity index (χ0n) is 17.9. The molecule has 0 aliphatic carbocycles. The molecule has 8 nitrogen and oxygen atoms in total. The maximum absolute atomic E-state index is 13.3. The summed E-state index contributed by atoms with van der Waals surface area (Å²) in [5.74, 6) is -1.25. The van der Waals surface area contributed by atoms with Crippen molar-refractivity contribution in [2.75, 3.05) is 39.3 Å². The van der Waals surface area contributed by atoms with Gasteiger partial charge in [-0.05, 0) is 24.5 Å². The Bertz CT molecular complexity index is 795. The van der Waals surface area contributed by atoms with E-state index in [2.05, 4.69) is 5.32 Å². The highest BCUT2D eigenvalue weighted by Gasteiger charge is 2.45. The van der Waals surface area contributed by atoms with Crippen LogP contribution in [0.1, 0.15) is 47.9 Å². The van der Waals surface area contributed by atoms with Crippen molar-refractivity contribution in [3.05, 3.63) is 35.4 Å². The fraction of sp³-hybridized carbons (Fsp3) is 0.545. The maximum Gasteiger partial charge on any atom is 0.262 e. The minimum absolute atomic E-state index is 0.0114. The Morgan fingerprint density at radius 2 is 1.57 bits per heavy atom. The quantitative estimate of drug-likeness (QED) is 0.672. The average Bonchev–Trinajstić information content (AvgIpc) is 2.98.